The van der Waals surface area contributed by atoms with Crippen molar-refractivity contribution in [2.24, 2.45) is 0 Å². The Morgan fingerprint density at radius 3 is 2.68 bits per heavy atom. The molecule has 2 aromatic carbocycles. The maximum absolute atomic E-state index is 13.6. The van der Waals surface area contributed by atoms with Crippen LogP contribution in [-0.4, -0.2) is 22.4 Å². The van der Waals surface area contributed by atoms with Gasteiger partial charge in [-0.3, -0.25) is 0 Å². The molecule has 0 unspecified atom stereocenters. The predicted octanol–water partition coefficient (Wildman–Crippen LogP) is 5.15. The molecule has 0 aliphatic heterocycles. The first-order valence-electron chi connectivity index (χ1n) is 8.76. The van der Waals surface area contributed by atoms with Gasteiger partial charge >= 0.3 is 5.97 Å². The number of para-hydroxylation sites is 2. The largest absolute Gasteiger partial charge is 0.490 e. The Kier molecular flexibility index (Phi) is 4.83. The molecule has 0 N–H and O–H groups in total. The van der Waals surface area contributed by atoms with Gasteiger partial charge in [0, 0.05) is 5.39 Å². The maximum atomic E-state index is 13.6. The highest BCUT2D eigenvalue weighted by Gasteiger charge is 2.20. The van der Waals surface area contributed by atoms with Gasteiger partial charge in [0.25, 0.3) is 0 Å². The molecule has 0 aliphatic carbocycles. The van der Waals surface area contributed by atoms with Crippen LogP contribution >= 0.6 is 11.3 Å². The molecule has 2 heterocycles. The SMILES string of the molecule is CCOc1ccccc1OC(=O)c1cc2c(C)nn(-c3cccc(F)c3)c2s1. The van der Waals surface area contributed by atoms with Crippen LogP contribution < -0.4 is 9.47 Å². The Labute approximate surface area is 164 Å². The standard InChI is InChI=1S/C21H17FN2O3S/c1-3-26-17-9-4-5-10-18(17)27-21(25)19-12-16-13(2)23-24(20(16)28-19)15-8-6-7-14(22)11-15/h4-12H,3H2,1-2H3. The molecule has 142 valence electrons. The number of esters is 1. The number of aryl methyl sites for hydroxylation is 1. The molecule has 0 saturated heterocycles. The molecular formula is C21H17FN2O3S. The summed E-state index contributed by atoms with van der Waals surface area (Å²) in [4.78, 5) is 13.9. The Balaban J connectivity index is 1.69. The highest BCUT2D eigenvalue weighted by Crippen LogP contribution is 2.33. The fourth-order valence-corrected chi connectivity index (χ4v) is 3.95. The summed E-state index contributed by atoms with van der Waals surface area (Å²) in [6.07, 6.45) is 0. The zero-order valence-electron chi connectivity index (χ0n) is 15.3. The van der Waals surface area contributed by atoms with Gasteiger partial charge in [0.05, 0.1) is 18.0 Å². The van der Waals surface area contributed by atoms with Crippen LogP contribution in [0.25, 0.3) is 15.9 Å². The Bertz CT molecular complexity index is 1170. The van der Waals surface area contributed by atoms with Gasteiger partial charge in [0.1, 0.15) is 15.5 Å². The van der Waals surface area contributed by atoms with Gasteiger partial charge < -0.3 is 9.47 Å². The Hall–Kier alpha value is -3.19. The second-order valence-electron chi connectivity index (χ2n) is 6.08. The zero-order valence-corrected chi connectivity index (χ0v) is 16.1. The van der Waals surface area contributed by atoms with Crippen LogP contribution in [0.3, 0.4) is 0 Å². The van der Waals surface area contributed by atoms with E-state index in [0.29, 0.717) is 28.7 Å². The fourth-order valence-electron chi connectivity index (χ4n) is 2.89. The average molecular weight is 396 g/mol. The summed E-state index contributed by atoms with van der Waals surface area (Å²) in [5.41, 5.74) is 1.35. The van der Waals surface area contributed by atoms with Crippen molar-refractivity contribution in [2.75, 3.05) is 6.61 Å². The summed E-state index contributed by atoms with van der Waals surface area (Å²) in [6, 6.07) is 15.0. The van der Waals surface area contributed by atoms with Crippen LogP contribution in [0.4, 0.5) is 4.39 Å². The second-order valence-corrected chi connectivity index (χ2v) is 7.11. The third-order valence-electron chi connectivity index (χ3n) is 4.15. The first-order valence-corrected chi connectivity index (χ1v) is 9.57. The van der Waals surface area contributed by atoms with E-state index >= 15 is 0 Å². The normalized spacial score (nSPS) is 11.0. The molecule has 5 nitrogen and oxygen atoms in total. The summed E-state index contributed by atoms with van der Waals surface area (Å²) in [5, 5.41) is 5.30. The number of hydrogen-bond acceptors (Lipinski definition) is 5. The number of rotatable bonds is 5. The van der Waals surface area contributed by atoms with Crippen LogP contribution in [0.5, 0.6) is 11.5 Å². The summed E-state index contributed by atoms with van der Waals surface area (Å²) in [6.45, 7) is 4.19. The van der Waals surface area contributed by atoms with Gasteiger partial charge in [-0.15, -0.1) is 11.3 Å². The second kappa shape index (κ2) is 7.44. The van der Waals surface area contributed by atoms with Gasteiger partial charge in [-0.25, -0.2) is 13.9 Å². The van der Waals surface area contributed by atoms with Crippen molar-refractivity contribution >= 4 is 27.5 Å². The lowest BCUT2D eigenvalue weighted by Gasteiger charge is -2.09. The number of carbonyl (C=O) groups excluding carboxylic acids is 1. The number of hydrogen-bond donors (Lipinski definition) is 0. The smallest absolute Gasteiger partial charge is 0.353 e. The summed E-state index contributed by atoms with van der Waals surface area (Å²) in [5.74, 6) is 0.0675. The molecule has 0 bridgehead atoms. The monoisotopic (exact) mass is 396 g/mol. The molecular weight excluding hydrogens is 379 g/mol. The first-order chi connectivity index (χ1) is 13.6. The molecule has 7 heteroatoms. The summed E-state index contributed by atoms with van der Waals surface area (Å²) in [7, 11) is 0. The van der Waals surface area contributed by atoms with Crippen LogP contribution in [0.1, 0.15) is 22.3 Å². The van der Waals surface area contributed by atoms with Crippen molar-refractivity contribution in [3.8, 4) is 17.2 Å². The minimum atomic E-state index is -0.474. The quantitative estimate of drug-likeness (QED) is 0.346. The third kappa shape index (κ3) is 3.36. The number of aromatic nitrogens is 2. The number of carbonyl (C=O) groups is 1. The van der Waals surface area contributed by atoms with E-state index in [2.05, 4.69) is 5.10 Å². The van der Waals surface area contributed by atoms with Gasteiger partial charge in [-0.2, -0.15) is 5.10 Å². The minimum Gasteiger partial charge on any atom is -0.490 e. The van der Waals surface area contributed by atoms with Crippen LogP contribution in [0, 0.1) is 12.7 Å². The van der Waals surface area contributed by atoms with Crippen molar-refractivity contribution in [2.45, 2.75) is 13.8 Å². The number of ether oxygens (including phenoxy) is 2. The lowest BCUT2D eigenvalue weighted by atomic mass is 10.3. The van der Waals surface area contributed by atoms with Gasteiger partial charge in [0.2, 0.25) is 0 Å². The van der Waals surface area contributed by atoms with E-state index in [1.165, 1.54) is 23.5 Å². The lowest BCUT2D eigenvalue weighted by molar-refractivity contribution is 0.0733. The van der Waals surface area contributed by atoms with Crippen LogP contribution in [-0.2, 0) is 0 Å². The number of benzene rings is 2. The number of fused-ring (bicyclic) bond motifs is 1. The minimum absolute atomic E-state index is 0.345. The third-order valence-corrected chi connectivity index (χ3v) is 5.24. The molecule has 0 spiro atoms. The fraction of sp³-hybridized carbons (Fsp3) is 0.143. The summed E-state index contributed by atoms with van der Waals surface area (Å²) < 4.78 is 26.3. The van der Waals surface area contributed by atoms with Gasteiger partial charge in [-0.05, 0) is 50.2 Å². The van der Waals surface area contributed by atoms with E-state index in [9.17, 15) is 9.18 Å². The van der Waals surface area contributed by atoms with Crippen molar-refractivity contribution in [3.05, 3.63) is 71.0 Å². The van der Waals surface area contributed by atoms with Crippen molar-refractivity contribution in [1.29, 1.82) is 0 Å². The molecule has 0 amide bonds. The molecule has 0 saturated carbocycles. The number of thiophene rings is 1. The van der Waals surface area contributed by atoms with E-state index < -0.39 is 5.97 Å². The van der Waals surface area contributed by atoms with E-state index in [-0.39, 0.29) is 5.82 Å². The number of halogens is 1. The molecule has 0 aliphatic rings. The average Bonchev–Trinajstić information content (AvgIpc) is 3.24. The highest BCUT2D eigenvalue weighted by atomic mass is 32.1. The van der Waals surface area contributed by atoms with Crippen molar-refractivity contribution < 1.29 is 18.7 Å². The molecule has 2 aromatic heterocycles. The highest BCUT2D eigenvalue weighted by molar-refractivity contribution is 7.20. The van der Waals surface area contributed by atoms with E-state index in [4.69, 9.17) is 9.47 Å². The molecule has 4 rings (SSSR count). The predicted molar refractivity (Wildman–Crippen MR) is 106 cm³/mol. The summed E-state index contributed by atoms with van der Waals surface area (Å²) >= 11 is 1.25. The van der Waals surface area contributed by atoms with E-state index in [1.807, 2.05) is 19.9 Å². The van der Waals surface area contributed by atoms with E-state index in [1.54, 1.807) is 41.1 Å². The topological polar surface area (TPSA) is 53.4 Å². The molecule has 28 heavy (non-hydrogen) atoms. The zero-order chi connectivity index (χ0) is 19.7. The van der Waals surface area contributed by atoms with Crippen molar-refractivity contribution in [3.63, 3.8) is 0 Å². The number of nitrogens with zero attached hydrogens (tertiary/aromatic N) is 2. The Morgan fingerprint density at radius 2 is 1.93 bits per heavy atom. The lowest BCUT2D eigenvalue weighted by Crippen LogP contribution is -2.08. The molecule has 4 aromatic rings. The van der Waals surface area contributed by atoms with E-state index in [0.717, 1.165) is 15.9 Å². The molecule has 0 atom stereocenters. The molecule has 0 radical (unpaired) electrons. The van der Waals surface area contributed by atoms with Crippen LogP contribution in [0.15, 0.2) is 54.6 Å². The first kappa shape index (κ1) is 18.2. The molecule has 0 fully saturated rings. The maximum Gasteiger partial charge on any atom is 0.353 e. The van der Waals surface area contributed by atoms with Crippen molar-refractivity contribution in [1.82, 2.24) is 9.78 Å². The van der Waals surface area contributed by atoms with Gasteiger partial charge in [0.15, 0.2) is 11.5 Å². The van der Waals surface area contributed by atoms with Gasteiger partial charge in [-0.1, -0.05) is 18.2 Å². The van der Waals surface area contributed by atoms with Crippen LogP contribution in [0.2, 0.25) is 0 Å². The Morgan fingerprint density at radius 1 is 1.14 bits per heavy atom.